The van der Waals surface area contributed by atoms with Crippen LogP contribution in [-0.4, -0.2) is 5.75 Å². The highest BCUT2D eigenvalue weighted by Gasteiger charge is 2.10. The van der Waals surface area contributed by atoms with Crippen LogP contribution in [0.3, 0.4) is 0 Å². The van der Waals surface area contributed by atoms with Crippen LogP contribution in [0.4, 0.5) is 11.4 Å². The van der Waals surface area contributed by atoms with E-state index in [2.05, 4.69) is 44.3 Å². The minimum atomic E-state index is 0.724. The lowest BCUT2D eigenvalue weighted by molar-refractivity contribution is 1.32. The largest absolute Gasteiger partial charge is 0.354 e. The van der Waals surface area contributed by atoms with Crippen LogP contribution in [-0.2, 0) is 0 Å². The van der Waals surface area contributed by atoms with Gasteiger partial charge in [-0.15, -0.1) is 11.8 Å². The van der Waals surface area contributed by atoms with E-state index in [1.165, 1.54) is 11.1 Å². The van der Waals surface area contributed by atoms with E-state index in [0.717, 1.165) is 27.6 Å². The summed E-state index contributed by atoms with van der Waals surface area (Å²) in [5.74, 6) is 0.960. The van der Waals surface area contributed by atoms with Crippen LogP contribution in [0.5, 0.6) is 0 Å². The molecule has 0 aliphatic heterocycles. The van der Waals surface area contributed by atoms with Gasteiger partial charge in [0.05, 0.1) is 11.3 Å². The van der Waals surface area contributed by atoms with Crippen molar-refractivity contribution < 1.29 is 0 Å². The number of rotatable bonds is 4. The van der Waals surface area contributed by atoms with Crippen LogP contribution in [0.25, 0.3) is 0 Å². The molecule has 2 nitrogen and oxygen atoms in total. The molecule has 0 heterocycles. The molecule has 0 fully saturated rings. The van der Waals surface area contributed by atoms with E-state index in [-0.39, 0.29) is 0 Å². The molecule has 0 saturated heterocycles. The third kappa shape index (κ3) is 2.97. The molecular formula is C17H18N2S. The summed E-state index contributed by atoms with van der Waals surface area (Å²) in [4.78, 5) is 1.03. The highest BCUT2D eigenvalue weighted by molar-refractivity contribution is 7.99. The zero-order valence-electron chi connectivity index (χ0n) is 12.0. The van der Waals surface area contributed by atoms with Gasteiger partial charge in [-0.05, 0) is 42.9 Å². The number of thioether (sulfide) groups is 1. The maximum absolute atomic E-state index is 9.44. The van der Waals surface area contributed by atoms with Gasteiger partial charge in [-0.1, -0.05) is 31.2 Å². The smallest absolute Gasteiger partial charge is 0.103 e. The molecule has 0 unspecified atom stereocenters. The monoisotopic (exact) mass is 282 g/mol. The van der Waals surface area contributed by atoms with Gasteiger partial charge in [-0.3, -0.25) is 0 Å². The van der Waals surface area contributed by atoms with Gasteiger partial charge >= 0.3 is 0 Å². The Morgan fingerprint density at radius 3 is 2.35 bits per heavy atom. The van der Waals surface area contributed by atoms with Crippen LogP contribution in [0.2, 0.25) is 0 Å². The number of nitriles is 1. The maximum atomic E-state index is 9.44. The van der Waals surface area contributed by atoms with Gasteiger partial charge < -0.3 is 5.32 Å². The molecule has 20 heavy (non-hydrogen) atoms. The normalized spacial score (nSPS) is 10.1. The molecule has 2 rings (SSSR count). The Morgan fingerprint density at radius 1 is 1.10 bits per heavy atom. The van der Waals surface area contributed by atoms with Crippen molar-refractivity contribution in [1.82, 2.24) is 0 Å². The molecule has 0 aliphatic rings. The summed E-state index contributed by atoms with van der Waals surface area (Å²) < 4.78 is 0. The third-order valence-electron chi connectivity index (χ3n) is 3.18. The van der Waals surface area contributed by atoms with Gasteiger partial charge in [0.2, 0.25) is 0 Å². The Bertz CT molecular complexity index is 636. The molecule has 0 aliphatic carbocycles. The summed E-state index contributed by atoms with van der Waals surface area (Å²) in [6.07, 6.45) is 0. The second-order valence-electron chi connectivity index (χ2n) is 4.62. The molecule has 0 amide bonds. The van der Waals surface area contributed by atoms with Crippen LogP contribution in [0, 0.1) is 25.2 Å². The van der Waals surface area contributed by atoms with Crippen LogP contribution in [0.15, 0.2) is 41.3 Å². The first-order valence-electron chi connectivity index (χ1n) is 6.66. The SMILES string of the molecule is CCSc1cccc(Nc2c(C)cccc2C)c1C#N. The van der Waals surface area contributed by atoms with E-state index in [1.54, 1.807) is 11.8 Å². The second kappa shape index (κ2) is 6.49. The number of hydrogen-bond acceptors (Lipinski definition) is 3. The quantitative estimate of drug-likeness (QED) is 0.799. The first-order chi connectivity index (χ1) is 9.67. The zero-order chi connectivity index (χ0) is 14.5. The summed E-state index contributed by atoms with van der Waals surface area (Å²) in [5.41, 5.74) is 5.05. The van der Waals surface area contributed by atoms with Gasteiger partial charge in [0, 0.05) is 10.6 Å². The Balaban J connectivity index is 2.44. The topological polar surface area (TPSA) is 35.8 Å². The Hall–Kier alpha value is -1.92. The number of aryl methyl sites for hydroxylation is 2. The predicted octanol–water partition coefficient (Wildman–Crippen LogP) is 5.03. The number of nitrogens with zero attached hydrogens (tertiary/aromatic N) is 1. The molecule has 0 radical (unpaired) electrons. The fourth-order valence-electron chi connectivity index (χ4n) is 2.17. The van der Waals surface area contributed by atoms with Crippen molar-refractivity contribution >= 4 is 23.1 Å². The molecule has 0 bridgehead atoms. The van der Waals surface area contributed by atoms with E-state index in [0.29, 0.717) is 0 Å². The summed E-state index contributed by atoms with van der Waals surface area (Å²) >= 11 is 1.70. The van der Waals surface area contributed by atoms with Crippen molar-refractivity contribution in [2.75, 3.05) is 11.1 Å². The average molecular weight is 282 g/mol. The molecular weight excluding hydrogens is 264 g/mol. The molecule has 0 spiro atoms. The molecule has 2 aromatic carbocycles. The van der Waals surface area contributed by atoms with E-state index in [4.69, 9.17) is 0 Å². The fourth-order valence-corrected chi connectivity index (χ4v) is 2.96. The first kappa shape index (κ1) is 14.5. The number of anilines is 2. The summed E-state index contributed by atoms with van der Waals surface area (Å²) in [6.45, 7) is 6.25. The number of para-hydroxylation sites is 1. The molecule has 0 saturated carbocycles. The standard InChI is InChI=1S/C17H18N2S/c1-4-20-16-10-6-9-15(14(16)11-18)19-17-12(2)7-5-8-13(17)3/h5-10,19H,4H2,1-3H3. The van der Waals surface area contributed by atoms with Gasteiger partial charge in [-0.2, -0.15) is 5.26 Å². The minimum Gasteiger partial charge on any atom is -0.354 e. The van der Waals surface area contributed by atoms with E-state index in [1.807, 2.05) is 24.3 Å². The lowest BCUT2D eigenvalue weighted by atomic mass is 10.1. The van der Waals surface area contributed by atoms with Gasteiger partial charge in [0.25, 0.3) is 0 Å². The van der Waals surface area contributed by atoms with Crippen LogP contribution < -0.4 is 5.32 Å². The Morgan fingerprint density at radius 2 is 1.75 bits per heavy atom. The Labute approximate surface area is 124 Å². The minimum absolute atomic E-state index is 0.724. The predicted molar refractivity (Wildman–Crippen MR) is 86.8 cm³/mol. The van der Waals surface area contributed by atoms with Crippen LogP contribution in [0.1, 0.15) is 23.6 Å². The lowest BCUT2D eigenvalue weighted by Crippen LogP contribution is -1.99. The molecule has 102 valence electrons. The van der Waals surface area contributed by atoms with Crippen molar-refractivity contribution in [1.29, 1.82) is 5.26 Å². The molecule has 0 atom stereocenters. The van der Waals surface area contributed by atoms with Crippen molar-refractivity contribution in [3.63, 3.8) is 0 Å². The van der Waals surface area contributed by atoms with Gasteiger partial charge in [-0.25, -0.2) is 0 Å². The molecule has 0 aromatic heterocycles. The average Bonchev–Trinajstić information content (AvgIpc) is 2.43. The molecule has 2 aromatic rings. The van der Waals surface area contributed by atoms with E-state index < -0.39 is 0 Å². The first-order valence-corrected chi connectivity index (χ1v) is 7.65. The van der Waals surface area contributed by atoms with Crippen LogP contribution >= 0.6 is 11.8 Å². The summed E-state index contributed by atoms with van der Waals surface area (Å²) in [6, 6.07) is 14.5. The van der Waals surface area contributed by atoms with Crippen molar-refractivity contribution in [2.24, 2.45) is 0 Å². The summed E-state index contributed by atoms with van der Waals surface area (Å²) in [5, 5.41) is 12.9. The number of benzene rings is 2. The lowest BCUT2D eigenvalue weighted by Gasteiger charge is -2.15. The number of nitrogens with one attached hydrogen (secondary N) is 1. The van der Waals surface area contributed by atoms with Crippen molar-refractivity contribution in [3.8, 4) is 6.07 Å². The molecule has 3 heteroatoms. The number of hydrogen-bond donors (Lipinski definition) is 1. The highest BCUT2D eigenvalue weighted by Crippen LogP contribution is 2.31. The van der Waals surface area contributed by atoms with E-state index >= 15 is 0 Å². The summed E-state index contributed by atoms with van der Waals surface area (Å²) in [7, 11) is 0. The van der Waals surface area contributed by atoms with Crippen molar-refractivity contribution in [2.45, 2.75) is 25.7 Å². The third-order valence-corrected chi connectivity index (χ3v) is 4.12. The molecule has 1 N–H and O–H groups in total. The maximum Gasteiger partial charge on any atom is 0.103 e. The Kier molecular flexibility index (Phi) is 4.70. The second-order valence-corrected chi connectivity index (χ2v) is 5.92. The van der Waals surface area contributed by atoms with Crippen molar-refractivity contribution in [3.05, 3.63) is 53.1 Å². The zero-order valence-corrected chi connectivity index (χ0v) is 12.8. The van der Waals surface area contributed by atoms with Gasteiger partial charge in [0.15, 0.2) is 0 Å². The highest BCUT2D eigenvalue weighted by atomic mass is 32.2. The van der Waals surface area contributed by atoms with E-state index in [9.17, 15) is 5.26 Å². The van der Waals surface area contributed by atoms with Gasteiger partial charge in [0.1, 0.15) is 6.07 Å². The fraction of sp³-hybridized carbons (Fsp3) is 0.235.